The van der Waals surface area contributed by atoms with E-state index in [0.29, 0.717) is 28.0 Å². The number of ether oxygens (including phenoxy) is 1. The minimum absolute atomic E-state index is 0.116. The Morgan fingerprint density at radius 2 is 1.72 bits per heavy atom. The molecular formula is C22H19BrCl2N2O2. The summed E-state index contributed by atoms with van der Waals surface area (Å²) in [6.07, 6.45) is 0. The third kappa shape index (κ3) is 6.39. The predicted octanol–water partition coefficient (Wildman–Crippen LogP) is 6.69. The van der Waals surface area contributed by atoms with E-state index < -0.39 is 0 Å². The normalized spacial score (nSPS) is 10.5. The number of halogens is 3. The topological polar surface area (TPSA) is 50.4 Å². The van der Waals surface area contributed by atoms with Crippen molar-refractivity contribution in [2.24, 2.45) is 0 Å². The monoisotopic (exact) mass is 492 g/mol. The first-order valence-electron chi connectivity index (χ1n) is 8.87. The fraction of sp³-hybridized carbons (Fsp3) is 0.136. The first-order chi connectivity index (χ1) is 13.9. The van der Waals surface area contributed by atoms with E-state index >= 15 is 0 Å². The highest BCUT2D eigenvalue weighted by molar-refractivity contribution is 9.10. The smallest absolute Gasteiger partial charge is 0.262 e. The highest BCUT2D eigenvalue weighted by atomic mass is 79.9. The van der Waals surface area contributed by atoms with Crippen LogP contribution in [0, 0.1) is 6.92 Å². The van der Waals surface area contributed by atoms with Crippen molar-refractivity contribution in [2.75, 3.05) is 17.2 Å². The molecule has 0 saturated heterocycles. The van der Waals surface area contributed by atoms with E-state index in [4.69, 9.17) is 27.9 Å². The number of rotatable bonds is 7. The van der Waals surface area contributed by atoms with Gasteiger partial charge in [0.05, 0.1) is 0 Å². The van der Waals surface area contributed by atoms with Gasteiger partial charge in [-0.1, -0.05) is 39.1 Å². The third-order valence-corrected chi connectivity index (χ3v) is 5.15. The summed E-state index contributed by atoms with van der Waals surface area (Å²) in [4.78, 5) is 12.2. The molecule has 0 aromatic heterocycles. The minimum atomic E-state index is -0.259. The number of carbonyl (C=O) groups is 1. The van der Waals surface area contributed by atoms with Gasteiger partial charge in [0.1, 0.15) is 5.75 Å². The second kappa shape index (κ2) is 10.0. The molecule has 0 radical (unpaired) electrons. The summed E-state index contributed by atoms with van der Waals surface area (Å²) in [5, 5.41) is 7.37. The molecule has 0 unspecified atom stereocenters. The highest BCUT2D eigenvalue weighted by Gasteiger charge is 2.09. The summed E-state index contributed by atoms with van der Waals surface area (Å²) >= 11 is 15.5. The van der Waals surface area contributed by atoms with E-state index in [-0.39, 0.29) is 12.5 Å². The van der Waals surface area contributed by atoms with Gasteiger partial charge in [-0.15, -0.1) is 0 Å². The Morgan fingerprint density at radius 3 is 2.45 bits per heavy atom. The molecule has 2 N–H and O–H groups in total. The van der Waals surface area contributed by atoms with E-state index in [2.05, 4.69) is 26.6 Å². The molecule has 7 heteroatoms. The second-order valence-corrected chi connectivity index (χ2v) is 8.20. The highest BCUT2D eigenvalue weighted by Crippen LogP contribution is 2.26. The Hall–Kier alpha value is -2.21. The molecule has 3 aromatic rings. The van der Waals surface area contributed by atoms with E-state index in [0.717, 1.165) is 21.3 Å². The van der Waals surface area contributed by atoms with Gasteiger partial charge in [0.15, 0.2) is 6.61 Å². The maximum Gasteiger partial charge on any atom is 0.262 e. The minimum Gasteiger partial charge on any atom is -0.483 e. The molecule has 0 aliphatic heterocycles. The number of benzene rings is 3. The van der Waals surface area contributed by atoms with Gasteiger partial charge in [0.25, 0.3) is 5.91 Å². The Balaban J connectivity index is 1.63. The van der Waals surface area contributed by atoms with Gasteiger partial charge in [0, 0.05) is 38.0 Å². The zero-order valence-corrected chi connectivity index (χ0v) is 18.7. The number of carbonyl (C=O) groups excluding carboxylic acids is 1. The Bertz CT molecular complexity index is 1010. The van der Waals surface area contributed by atoms with Crippen molar-refractivity contribution in [1.29, 1.82) is 0 Å². The number of anilines is 2. The molecule has 0 bridgehead atoms. The third-order valence-electron chi connectivity index (χ3n) is 4.17. The van der Waals surface area contributed by atoms with Crippen LogP contribution < -0.4 is 15.4 Å². The van der Waals surface area contributed by atoms with Crippen LogP contribution in [-0.4, -0.2) is 12.5 Å². The van der Waals surface area contributed by atoms with Crippen molar-refractivity contribution >= 4 is 56.4 Å². The summed E-state index contributed by atoms with van der Waals surface area (Å²) in [6.45, 7) is 2.43. The molecule has 0 aliphatic carbocycles. The van der Waals surface area contributed by atoms with Crippen LogP contribution in [0.15, 0.2) is 65.1 Å². The lowest BCUT2D eigenvalue weighted by molar-refractivity contribution is -0.118. The van der Waals surface area contributed by atoms with Crippen molar-refractivity contribution in [1.82, 2.24) is 0 Å². The molecule has 150 valence electrons. The largest absolute Gasteiger partial charge is 0.483 e. The van der Waals surface area contributed by atoms with Gasteiger partial charge < -0.3 is 15.4 Å². The van der Waals surface area contributed by atoms with Crippen LogP contribution in [0.25, 0.3) is 0 Å². The average Bonchev–Trinajstić information content (AvgIpc) is 2.68. The van der Waals surface area contributed by atoms with Crippen molar-refractivity contribution < 1.29 is 9.53 Å². The Morgan fingerprint density at radius 1 is 1.00 bits per heavy atom. The Kier molecular flexibility index (Phi) is 7.42. The lowest BCUT2D eigenvalue weighted by Gasteiger charge is -2.15. The Labute approximate surface area is 188 Å². The molecule has 0 spiro atoms. The summed E-state index contributed by atoms with van der Waals surface area (Å²) in [5.74, 6) is 0.341. The van der Waals surface area contributed by atoms with Crippen LogP contribution in [0.5, 0.6) is 5.75 Å². The average molecular weight is 494 g/mol. The van der Waals surface area contributed by atoms with E-state index in [9.17, 15) is 4.79 Å². The number of aryl methyl sites for hydroxylation is 1. The molecule has 4 nitrogen and oxygen atoms in total. The van der Waals surface area contributed by atoms with Crippen molar-refractivity contribution in [3.8, 4) is 5.75 Å². The van der Waals surface area contributed by atoms with Crippen LogP contribution in [0.4, 0.5) is 11.4 Å². The molecule has 0 fully saturated rings. The van der Waals surface area contributed by atoms with Crippen LogP contribution in [0.1, 0.15) is 11.1 Å². The number of nitrogens with one attached hydrogen (secondary N) is 2. The van der Waals surface area contributed by atoms with Crippen molar-refractivity contribution in [3.05, 3.63) is 86.3 Å². The number of hydrogen-bond acceptors (Lipinski definition) is 3. The lowest BCUT2D eigenvalue weighted by atomic mass is 10.1. The SMILES string of the molecule is Cc1cc(Br)ccc1NCc1cc(Cl)ccc1OCC(=O)Nc1ccc(Cl)cc1. The molecular weight excluding hydrogens is 475 g/mol. The van der Waals surface area contributed by atoms with Crippen LogP contribution in [-0.2, 0) is 11.3 Å². The molecule has 29 heavy (non-hydrogen) atoms. The second-order valence-electron chi connectivity index (χ2n) is 6.41. The molecule has 3 rings (SSSR count). The number of amides is 1. The van der Waals surface area contributed by atoms with E-state index in [1.165, 1.54) is 0 Å². The van der Waals surface area contributed by atoms with Crippen molar-refractivity contribution in [2.45, 2.75) is 13.5 Å². The van der Waals surface area contributed by atoms with Crippen LogP contribution in [0.3, 0.4) is 0 Å². The fourth-order valence-electron chi connectivity index (χ4n) is 2.72. The zero-order valence-electron chi connectivity index (χ0n) is 15.6. The quantitative estimate of drug-likeness (QED) is 0.385. The lowest BCUT2D eigenvalue weighted by Crippen LogP contribution is -2.20. The van der Waals surface area contributed by atoms with Gasteiger partial charge >= 0.3 is 0 Å². The van der Waals surface area contributed by atoms with E-state index in [1.54, 1.807) is 36.4 Å². The predicted molar refractivity (Wildman–Crippen MR) is 123 cm³/mol. The van der Waals surface area contributed by atoms with Gasteiger partial charge in [0.2, 0.25) is 0 Å². The fourth-order valence-corrected chi connectivity index (χ4v) is 3.51. The molecule has 0 atom stereocenters. The van der Waals surface area contributed by atoms with Crippen LogP contribution in [0.2, 0.25) is 10.0 Å². The van der Waals surface area contributed by atoms with Crippen molar-refractivity contribution in [3.63, 3.8) is 0 Å². The maximum absolute atomic E-state index is 12.2. The van der Waals surface area contributed by atoms with Gasteiger partial charge in [-0.05, 0) is 73.2 Å². The maximum atomic E-state index is 12.2. The number of hydrogen-bond donors (Lipinski definition) is 2. The molecule has 3 aromatic carbocycles. The molecule has 1 amide bonds. The summed E-state index contributed by atoms with van der Waals surface area (Å²) in [6, 6.07) is 18.3. The van der Waals surface area contributed by atoms with Gasteiger partial charge in [-0.25, -0.2) is 0 Å². The van der Waals surface area contributed by atoms with Gasteiger partial charge in [-0.3, -0.25) is 4.79 Å². The first-order valence-corrected chi connectivity index (χ1v) is 10.4. The van der Waals surface area contributed by atoms with Gasteiger partial charge in [-0.2, -0.15) is 0 Å². The van der Waals surface area contributed by atoms with E-state index in [1.807, 2.05) is 31.2 Å². The first kappa shape index (κ1) is 21.5. The summed E-state index contributed by atoms with van der Waals surface area (Å²) in [7, 11) is 0. The summed E-state index contributed by atoms with van der Waals surface area (Å²) in [5.41, 5.74) is 3.65. The molecule has 0 saturated carbocycles. The zero-order chi connectivity index (χ0) is 20.8. The molecule has 0 heterocycles. The molecule has 0 aliphatic rings. The standard InChI is InChI=1S/C22H19BrCl2N2O2/c1-14-10-16(23)2-8-20(14)26-12-15-11-18(25)5-9-21(15)29-13-22(28)27-19-6-3-17(24)4-7-19/h2-11,26H,12-13H2,1H3,(H,27,28). The summed E-state index contributed by atoms with van der Waals surface area (Å²) < 4.78 is 6.77. The van der Waals surface area contributed by atoms with Crippen LogP contribution >= 0.6 is 39.1 Å².